The molecule has 5 nitrogen and oxygen atoms in total. The number of nitrogens with zero attached hydrogens (tertiary/aromatic N) is 2. The zero-order valence-corrected chi connectivity index (χ0v) is 16.2. The van der Waals surface area contributed by atoms with E-state index in [4.69, 9.17) is 0 Å². The summed E-state index contributed by atoms with van der Waals surface area (Å²) in [4.78, 5) is 26.2. The first-order chi connectivity index (χ1) is 13.6. The molecule has 2 aromatic carbocycles. The second-order valence-corrected chi connectivity index (χ2v) is 7.54. The average molecular weight is 389 g/mol. The van der Waals surface area contributed by atoms with Crippen molar-refractivity contribution in [1.29, 1.82) is 0 Å². The number of aromatic nitrogens is 2. The average Bonchev–Trinajstić information content (AvgIpc) is 3.24. The molecule has 6 heteroatoms. The molecule has 0 saturated carbocycles. The van der Waals surface area contributed by atoms with Gasteiger partial charge in [0.05, 0.1) is 10.3 Å². The predicted octanol–water partition coefficient (Wildman–Crippen LogP) is 3.75. The maximum absolute atomic E-state index is 12.8. The number of thiophene rings is 1. The number of hydrogen-bond acceptors (Lipinski definition) is 4. The quantitative estimate of drug-likeness (QED) is 0.565. The van der Waals surface area contributed by atoms with E-state index in [9.17, 15) is 9.59 Å². The van der Waals surface area contributed by atoms with Gasteiger partial charge in [-0.05, 0) is 30.0 Å². The molecule has 2 heterocycles. The number of aryl methyl sites for hydroxylation is 1. The van der Waals surface area contributed by atoms with Crippen molar-refractivity contribution >= 4 is 28.0 Å². The highest BCUT2D eigenvalue weighted by Gasteiger charge is 2.14. The Morgan fingerprint density at radius 3 is 2.50 bits per heavy atom. The molecule has 0 radical (unpaired) electrons. The Morgan fingerprint density at radius 2 is 1.79 bits per heavy atom. The molecular weight excluding hydrogens is 370 g/mol. The van der Waals surface area contributed by atoms with Crippen LogP contribution >= 0.6 is 11.3 Å². The molecule has 2 aromatic heterocycles. The Hall–Kier alpha value is -3.25. The largest absolute Gasteiger partial charge is 0.350 e. The number of nitrogens with one attached hydrogen (secondary N) is 1. The van der Waals surface area contributed by atoms with Gasteiger partial charge < -0.3 is 5.32 Å². The number of carbonyl (C=O) groups is 1. The monoisotopic (exact) mass is 389 g/mol. The summed E-state index contributed by atoms with van der Waals surface area (Å²) in [6.45, 7) is 2.32. The van der Waals surface area contributed by atoms with Gasteiger partial charge in [0, 0.05) is 11.9 Å². The number of amides is 1. The predicted molar refractivity (Wildman–Crippen MR) is 112 cm³/mol. The van der Waals surface area contributed by atoms with Gasteiger partial charge in [-0.2, -0.15) is 5.10 Å². The lowest BCUT2D eigenvalue weighted by Crippen LogP contribution is -2.33. The minimum atomic E-state index is -0.263. The van der Waals surface area contributed by atoms with Crippen molar-refractivity contribution in [3.8, 4) is 10.6 Å². The van der Waals surface area contributed by atoms with Gasteiger partial charge in [-0.15, -0.1) is 11.3 Å². The van der Waals surface area contributed by atoms with E-state index in [-0.39, 0.29) is 18.0 Å². The number of hydrogen-bond donors (Lipinski definition) is 1. The van der Waals surface area contributed by atoms with E-state index >= 15 is 0 Å². The Kier molecular flexibility index (Phi) is 5.04. The molecule has 0 saturated heterocycles. The smallest absolute Gasteiger partial charge is 0.275 e. The summed E-state index contributed by atoms with van der Waals surface area (Å²) in [6, 6.07) is 19.2. The number of rotatable bonds is 5. The van der Waals surface area contributed by atoms with E-state index in [2.05, 4.69) is 10.4 Å². The lowest BCUT2D eigenvalue weighted by molar-refractivity contribution is -0.122. The van der Waals surface area contributed by atoms with Crippen molar-refractivity contribution in [2.75, 3.05) is 0 Å². The van der Waals surface area contributed by atoms with Crippen LogP contribution in [0.3, 0.4) is 0 Å². The van der Waals surface area contributed by atoms with E-state index in [1.54, 1.807) is 17.4 Å². The summed E-state index contributed by atoms with van der Waals surface area (Å²) >= 11 is 1.55. The van der Waals surface area contributed by atoms with E-state index in [0.29, 0.717) is 11.9 Å². The fraction of sp³-hybridized carbons (Fsp3) is 0.136. The van der Waals surface area contributed by atoms with Crippen molar-refractivity contribution in [2.24, 2.45) is 0 Å². The van der Waals surface area contributed by atoms with Crippen LogP contribution in [-0.4, -0.2) is 15.7 Å². The highest BCUT2D eigenvalue weighted by atomic mass is 32.1. The summed E-state index contributed by atoms with van der Waals surface area (Å²) in [5.41, 5.74) is 2.64. The minimum absolute atomic E-state index is 0.117. The highest BCUT2D eigenvalue weighted by molar-refractivity contribution is 7.13. The molecule has 0 spiro atoms. The Bertz CT molecular complexity index is 1180. The fourth-order valence-electron chi connectivity index (χ4n) is 3.04. The van der Waals surface area contributed by atoms with Gasteiger partial charge in [0.2, 0.25) is 5.91 Å². The van der Waals surface area contributed by atoms with Crippen LogP contribution in [0.5, 0.6) is 0 Å². The van der Waals surface area contributed by atoms with Gasteiger partial charge in [0.1, 0.15) is 12.2 Å². The highest BCUT2D eigenvalue weighted by Crippen LogP contribution is 2.28. The normalized spacial score (nSPS) is 10.9. The summed E-state index contributed by atoms with van der Waals surface area (Å²) in [5, 5.41) is 10.7. The molecule has 28 heavy (non-hydrogen) atoms. The molecule has 0 aliphatic carbocycles. The van der Waals surface area contributed by atoms with Crippen LogP contribution in [0.15, 0.2) is 70.8 Å². The zero-order chi connectivity index (χ0) is 19.5. The molecular formula is C22H19N3O2S. The standard InChI is InChI=1S/C22H19N3O2S/c1-15-8-10-16(11-9-15)13-23-20(26)14-25-22(27)18-6-3-2-5-17(18)21(24-25)19-7-4-12-28-19/h2-12H,13-14H2,1H3,(H,23,26). The third-order valence-corrected chi connectivity index (χ3v) is 5.40. The number of benzene rings is 2. The van der Waals surface area contributed by atoms with Crippen molar-refractivity contribution in [3.63, 3.8) is 0 Å². The van der Waals surface area contributed by atoms with Crippen molar-refractivity contribution in [3.05, 3.63) is 87.5 Å². The third-order valence-electron chi connectivity index (χ3n) is 4.53. The maximum Gasteiger partial charge on any atom is 0.275 e. The van der Waals surface area contributed by atoms with Crippen molar-refractivity contribution in [2.45, 2.75) is 20.0 Å². The first-order valence-electron chi connectivity index (χ1n) is 8.98. The molecule has 0 aliphatic heterocycles. The first kappa shape index (κ1) is 18.1. The van der Waals surface area contributed by atoms with E-state index < -0.39 is 0 Å². The Labute approximate surface area is 166 Å². The van der Waals surface area contributed by atoms with Gasteiger partial charge in [-0.25, -0.2) is 4.68 Å². The second-order valence-electron chi connectivity index (χ2n) is 6.60. The van der Waals surface area contributed by atoms with Gasteiger partial charge in [0.25, 0.3) is 5.56 Å². The van der Waals surface area contributed by atoms with Crippen molar-refractivity contribution < 1.29 is 4.79 Å². The molecule has 0 atom stereocenters. The van der Waals surface area contributed by atoms with Crippen LogP contribution < -0.4 is 10.9 Å². The molecule has 140 valence electrons. The van der Waals surface area contributed by atoms with E-state index in [1.165, 1.54) is 10.2 Å². The lowest BCUT2D eigenvalue weighted by Gasteiger charge is -2.11. The molecule has 0 aliphatic rings. The van der Waals surface area contributed by atoms with Crippen molar-refractivity contribution in [1.82, 2.24) is 15.1 Å². The molecule has 1 amide bonds. The summed E-state index contributed by atoms with van der Waals surface area (Å²) < 4.78 is 1.25. The van der Waals surface area contributed by atoms with E-state index in [1.807, 2.05) is 66.9 Å². The first-order valence-corrected chi connectivity index (χ1v) is 9.86. The fourth-order valence-corrected chi connectivity index (χ4v) is 3.76. The van der Waals surface area contributed by atoms with Gasteiger partial charge in [-0.1, -0.05) is 54.1 Å². The van der Waals surface area contributed by atoms with Crippen LogP contribution in [0, 0.1) is 6.92 Å². The SMILES string of the molecule is Cc1ccc(CNC(=O)Cn2nc(-c3cccs3)c3ccccc3c2=O)cc1. The van der Waals surface area contributed by atoms with Crippen LogP contribution in [0.4, 0.5) is 0 Å². The van der Waals surface area contributed by atoms with Crippen LogP contribution in [0.2, 0.25) is 0 Å². The lowest BCUT2D eigenvalue weighted by atomic mass is 10.1. The topological polar surface area (TPSA) is 64.0 Å². The Morgan fingerprint density at radius 1 is 1.04 bits per heavy atom. The van der Waals surface area contributed by atoms with Crippen LogP contribution in [-0.2, 0) is 17.9 Å². The molecule has 0 unspecified atom stereocenters. The molecule has 4 rings (SSSR count). The molecule has 1 N–H and O–H groups in total. The molecule has 4 aromatic rings. The summed E-state index contributed by atoms with van der Waals surface area (Å²) in [5.74, 6) is -0.248. The summed E-state index contributed by atoms with van der Waals surface area (Å²) in [7, 11) is 0. The molecule has 0 fully saturated rings. The van der Waals surface area contributed by atoms with Gasteiger partial charge >= 0.3 is 0 Å². The van der Waals surface area contributed by atoms with Gasteiger partial charge in [0.15, 0.2) is 0 Å². The second kappa shape index (κ2) is 7.78. The minimum Gasteiger partial charge on any atom is -0.350 e. The summed E-state index contributed by atoms with van der Waals surface area (Å²) in [6.07, 6.45) is 0. The maximum atomic E-state index is 12.8. The van der Waals surface area contributed by atoms with E-state index in [0.717, 1.165) is 21.5 Å². The van der Waals surface area contributed by atoms with Crippen LogP contribution in [0.25, 0.3) is 21.3 Å². The van der Waals surface area contributed by atoms with Gasteiger partial charge in [-0.3, -0.25) is 9.59 Å². The zero-order valence-electron chi connectivity index (χ0n) is 15.4. The Balaban J connectivity index is 1.61. The number of carbonyl (C=O) groups excluding carboxylic acids is 1. The molecule has 0 bridgehead atoms. The number of fused-ring (bicyclic) bond motifs is 1. The van der Waals surface area contributed by atoms with Crippen LogP contribution in [0.1, 0.15) is 11.1 Å². The third kappa shape index (κ3) is 3.73.